The van der Waals surface area contributed by atoms with Gasteiger partial charge in [0.25, 0.3) is 0 Å². The third-order valence-electron chi connectivity index (χ3n) is 2.66. The number of para-hydroxylation sites is 1. The Morgan fingerprint density at radius 2 is 2.00 bits per heavy atom. The quantitative estimate of drug-likeness (QED) is 0.774. The second-order valence-corrected chi connectivity index (χ2v) is 4.46. The van der Waals surface area contributed by atoms with Crippen LogP contribution >= 0.6 is 0 Å². The number of nitrogens with two attached hydrogens (primary N) is 1. The van der Waals surface area contributed by atoms with Gasteiger partial charge in [0.15, 0.2) is 11.5 Å². The van der Waals surface area contributed by atoms with E-state index >= 15 is 0 Å². The molecule has 2 N–H and O–H groups in total. The maximum absolute atomic E-state index is 5.54. The summed E-state index contributed by atoms with van der Waals surface area (Å²) in [7, 11) is 1.64. The van der Waals surface area contributed by atoms with E-state index in [2.05, 4.69) is 0 Å². The van der Waals surface area contributed by atoms with Crippen molar-refractivity contribution in [2.45, 2.75) is 26.2 Å². The van der Waals surface area contributed by atoms with Crippen LogP contribution in [0, 0.1) is 0 Å². The summed E-state index contributed by atoms with van der Waals surface area (Å²) in [5.41, 5.74) is 0.795. The van der Waals surface area contributed by atoms with Crippen LogP contribution in [0.4, 0.5) is 0 Å². The van der Waals surface area contributed by atoms with Crippen LogP contribution in [-0.2, 0) is 10.3 Å². The topological polar surface area (TPSA) is 53.7 Å². The average Bonchev–Trinajstić information content (AvgIpc) is 2.29. The maximum atomic E-state index is 5.54. The molecule has 4 nitrogen and oxygen atoms in total. The summed E-state index contributed by atoms with van der Waals surface area (Å²) in [5.74, 6) is 6.66. The molecule has 0 atom stereocenters. The lowest BCUT2D eigenvalue weighted by atomic mass is 9.84. The molecule has 0 aliphatic heterocycles. The lowest BCUT2D eigenvalue weighted by Gasteiger charge is -2.26. The van der Waals surface area contributed by atoms with Crippen molar-refractivity contribution >= 4 is 0 Å². The van der Waals surface area contributed by atoms with Gasteiger partial charge in [-0.3, -0.25) is 0 Å². The Morgan fingerprint density at radius 1 is 1.29 bits per heavy atom. The van der Waals surface area contributed by atoms with Crippen LogP contribution in [0.15, 0.2) is 18.2 Å². The molecule has 1 aromatic rings. The van der Waals surface area contributed by atoms with Crippen molar-refractivity contribution in [2.24, 2.45) is 5.90 Å². The fraction of sp³-hybridized carbons (Fsp3) is 0.538. The summed E-state index contributed by atoms with van der Waals surface area (Å²) >= 11 is 0. The predicted octanol–water partition coefficient (Wildman–Crippen LogP) is 2.26. The van der Waals surface area contributed by atoms with E-state index in [1.54, 1.807) is 7.11 Å². The maximum Gasteiger partial charge on any atom is 0.164 e. The zero-order chi connectivity index (χ0) is 12.9. The zero-order valence-electron chi connectivity index (χ0n) is 10.9. The number of benzene rings is 1. The van der Waals surface area contributed by atoms with Crippen LogP contribution in [0.25, 0.3) is 0 Å². The SMILES string of the molecule is CCOc1cccc(C(C)(C)CON)c1OC. The number of ether oxygens (including phenoxy) is 2. The van der Waals surface area contributed by atoms with E-state index < -0.39 is 0 Å². The van der Waals surface area contributed by atoms with Crippen molar-refractivity contribution in [3.63, 3.8) is 0 Å². The van der Waals surface area contributed by atoms with Crippen LogP contribution in [0.1, 0.15) is 26.3 Å². The van der Waals surface area contributed by atoms with Gasteiger partial charge in [-0.15, -0.1) is 0 Å². The minimum absolute atomic E-state index is 0.229. The molecule has 0 aliphatic carbocycles. The Labute approximate surface area is 103 Å². The van der Waals surface area contributed by atoms with Crippen LogP contribution in [-0.4, -0.2) is 20.3 Å². The Morgan fingerprint density at radius 3 is 2.53 bits per heavy atom. The highest BCUT2D eigenvalue weighted by Gasteiger charge is 2.26. The Hall–Kier alpha value is -1.26. The molecule has 0 aliphatic rings. The third kappa shape index (κ3) is 3.11. The standard InChI is InChI=1S/C13H21NO3/c1-5-16-11-8-6-7-10(12(11)15-4)13(2,3)9-17-14/h6-8H,5,9,14H2,1-4H3. The molecule has 0 aromatic heterocycles. The van der Waals surface area contributed by atoms with Gasteiger partial charge in [0.2, 0.25) is 0 Å². The first kappa shape index (κ1) is 13.8. The van der Waals surface area contributed by atoms with Crippen molar-refractivity contribution in [1.29, 1.82) is 0 Å². The molecular weight excluding hydrogens is 218 g/mol. The van der Waals surface area contributed by atoms with Gasteiger partial charge in [-0.05, 0) is 13.0 Å². The highest BCUT2D eigenvalue weighted by molar-refractivity contribution is 5.49. The van der Waals surface area contributed by atoms with Crippen LogP contribution in [0.3, 0.4) is 0 Å². The fourth-order valence-corrected chi connectivity index (χ4v) is 1.81. The van der Waals surface area contributed by atoms with Gasteiger partial charge in [0.1, 0.15) is 0 Å². The molecule has 4 heteroatoms. The third-order valence-corrected chi connectivity index (χ3v) is 2.66. The van der Waals surface area contributed by atoms with E-state index in [1.165, 1.54) is 0 Å². The van der Waals surface area contributed by atoms with Crippen molar-refractivity contribution in [3.05, 3.63) is 23.8 Å². The van der Waals surface area contributed by atoms with Gasteiger partial charge < -0.3 is 14.3 Å². The van der Waals surface area contributed by atoms with Gasteiger partial charge in [0.05, 0.1) is 20.3 Å². The van der Waals surface area contributed by atoms with Gasteiger partial charge in [-0.25, -0.2) is 5.90 Å². The Bertz CT molecular complexity index is 364. The smallest absolute Gasteiger partial charge is 0.164 e. The molecule has 0 amide bonds. The van der Waals surface area contributed by atoms with Gasteiger partial charge in [-0.2, -0.15) is 0 Å². The molecule has 0 heterocycles. The van der Waals surface area contributed by atoms with E-state index in [1.807, 2.05) is 39.0 Å². The van der Waals surface area contributed by atoms with E-state index in [-0.39, 0.29) is 5.41 Å². The summed E-state index contributed by atoms with van der Waals surface area (Å²) in [4.78, 5) is 4.76. The van der Waals surface area contributed by atoms with E-state index in [9.17, 15) is 0 Å². The molecule has 0 saturated heterocycles. The van der Waals surface area contributed by atoms with E-state index in [4.69, 9.17) is 20.2 Å². The lowest BCUT2D eigenvalue weighted by Crippen LogP contribution is -2.27. The van der Waals surface area contributed by atoms with Gasteiger partial charge in [0, 0.05) is 11.0 Å². The second-order valence-electron chi connectivity index (χ2n) is 4.46. The van der Waals surface area contributed by atoms with Crippen LogP contribution in [0.2, 0.25) is 0 Å². The molecule has 0 saturated carbocycles. The molecule has 1 rings (SSSR count). The highest BCUT2D eigenvalue weighted by atomic mass is 16.6. The summed E-state index contributed by atoms with van der Waals surface area (Å²) in [5, 5.41) is 0. The van der Waals surface area contributed by atoms with Crippen molar-refractivity contribution in [1.82, 2.24) is 0 Å². The van der Waals surface area contributed by atoms with Crippen molar-refractivity contribution < 1.29 is 14.3 Å². The monoisotopic (exact) mass is 239 g/mol. The summed E-state index contributed by atoms with van der Waals surface area (Å²) < 4.78 is 11.0. The largest absolute Gasteiger partial charge is 0.493 e. The second kappa shape index (κ2) is 5.89. The molecule has 0 radical (unpaired) electrons. The first-order valence-corrected chi connectivity index (χ1v) is 5.68. The van der Waals surface area contributed by atoms with Crippen LogP contribution in [0.5, 0.6) is 11.5 Å². The van der Waals surface area contributed by atoms with E-state index in [0.717, 1.165) is 17.1 Å². The molecule has 0 bridgehead atoms. The number of methoxy groups -OCH3 is 1. The van der Waals surface area contributed by atoms with Crippen LogP contribution < -0.4 is 15.4 Å². The molecule has 17 heavy (non-hydrogen) atoms. The summed E-state index contributed by atoms with van der Waals surface area (Å²) in [6, 6.07) is 5.84. The Balaban J connectivity index is 3.18. The van der Waals surface area contributed by atoms with Crippen molar-refractivity contribution in [2.75, 3.05) is 20.3 Å². The van der Waals surface area contributed by atoms with Crippen molar-refractivity contribution in [3.8, 4) is 11.5 Å². The minimum atomic E-state index is -0.229. The van der Waals surface area contributed by atoms with Gasteiger partial charge in [-0.1, -0.05) is 26.0 Å². The normalized spacial score (nSPS) is 11.4. The average molecular weight is 239 g/mol. The van der Waals surface area contributed by atoms with Gasteiger partial charge >= 0.3 is 0 Å². The highest BCUT2D eigenvalue weighted by Crippen LogP contribution is 2.38. The molecule has 1 aromatic carbocycles. The molecule has 0 spiro atoms. The fourth-order valence-electron chi connectivity index (χ4n) is 1.81. The Kier molecular flexibility index (Phi) is 4.78. The van der Waals surface area contributed by atoms with E-state index in [0.29, 0.717) is 13.2 Å². The number of hydrogen-bond acceptors (Lipinski definition) is 4. The first-order chi connectivity index (χ1) is 8.06. The molecule has 0 unspecified atom stereocenters. The summed E-state index contributed by atoms with van der Waals surface area (Å²) in [6.07, 6.45) is 0. The molecule has 96 valence electrons. The predicted molar refractivity (Wildman–Crippen MR) is 67.3 cm³/mol. The lowest BCUT2D eigenvalue weighted by molar-refractivity contribution is 0.0952. The zero-order valence-corrected chi connectivity index (χ0v) is 10.9. The minimum Gasteiger partial charge on any atom is -0.493 e. The molecular formula is C13H21NO3. The molecule has 0 fully saturated rings. The number of hydrogen-bond donors (Lipinski definition) is 1. The number of rotatable bonds is 6. The summed E-state index contributed by atoms with van der Waals surface area (Å²) in [6.45, 7) is 7.06. The first-order valence-electron chi connectivity index (χ1n) is 5.68.